The van der Waals surface area contributed by atoms with Gasteiger partial charge in [-0.3, -0.25) is 4.79 Å². The number of hydrogen-bond donors (Lipinski definition) is 2. The molecule has 0 aliphatic carbocycles. The summed E-state index contributed by atoms with van der Waals surface area (Å²) in [5, 5.41) is 5.59. The van der Waals surface area contributed by atoms with E-state index in [4.69, 9.17) is 11.6 Å². The topological polar surface area (TPSA) is 54.0 Å². The van der Waals surface area contributed by atoms with Crippen molar-refractivity contribution in [3.05, 3.63) is 51.3 Å². The number of halogens is 3. The van der Waals surface area contributed by atoms with Crippen molar-refractivity contribution in [2.45, 2.75) is 0 Å². The van der Waals surface area contributed by atoms with Crippen LogP contribution in [-0.2, 0) is 0 Å². The number of benzene rings is 1. The van der Waals surface area contributed by atoms with Crippen LogP contribution < -0.4 is 10.6 Å². The fourth-order valence-electron chi connectivity index (χ4n) is 1.56. The molecule has 0 saturated heterocycles. The van der Waals surface area contributed by atoms with Gasteiger partial charge in [0, 0.05) is 23.3 Å². The average Bonchev–Trinajstić information content (AvgIpc) is 2.42. The summed E-state index contributed by atoms with van der Waals surface area (Å²) in [5.74, 6) is -0.277. The summed E-state index contributed by atoms with van der Waals surface area (Å²) in [6.07, 6.45) is 1.52. The van der Waals surface area contributed by atoms with Crippen LogP contribution in [0.1, 0.15) is 10.4 Å². The molecular weight excluding hydrogens is 349 g/mol. The summed E-state index contributed by atoms with van der Waals surface area (Å²) in [6, 6.07) is 5.53. The summed E-state index contributed by atoms with van der Waals surface area (Å²) in [4.78, 5) is 16.1. The van der Waals surface area contributed by atoms with E-state index in [9.17, 15) is 9.18 Å². The highest BCUT2D eigenvalue weighted by Crippen LogP contribution is 2.32. The van der Waals surface area contributed by atoms with E-state index in [-0.39, 0.29) is 10.9 Å². The Kier molecular flexibility index (Phi) is 4.57. The number of carbonyl (C=O) groups is 1. The summed E-state index contributed by atoms with van der Waals surface area (Å²) in [7, 11) is 1.71. The number of nitrogens with one attached hydrogen (secondary N) is 2. The second-order valence-electron chi connectivity index (χ2n) is 3.88. The molecule has 0 radical (unpaired) electrons. The van der Waals surface area contributed by atoms with Crippen LogP contribution >= 0.6 is 27.5 Å². The zero-order valence-electron chi connectivity index (χ0n) is 10.4. The van der Waals surface area contributed by atoms with Gasteiger partial charge in [-0.05, 0) is 40.2 Å². The predicted octanol–water partition coefficient (Wildman–Crippen LogP) is 3.93. The molecule has 0 saturated carbocycles. The molecule has 1 aromatic heterocycles. The molecule has 0 aliphatic rings. The minimum Gasteiger partial charge on any atom is -0.373 e. The first-order valence-corrected chi connectivity index (χ1v) is 6.78. The van der Waals surface area contributed by atoms with Crippen LogP contribution in [0.4, 0.5) is 15.9 Å². The van der Waals surface area contributed by atoms with Gasteiger partial charge >= 0.3 is 0 Å². The predicted molar refractivity (Wildman–Crippen MR) is 80.8 cm³/mol. The maximum absolute atomic E-state index is 13.1. The highest BCUT2D eigenvalue weighted by Gasteiger charge is 2.13. The van der Waals surface area contributed by atoms with Crippen molar-refractivity contribution < 1.29 is 9.18 Å². The highest BCUT2D eigenvalue weighted by molar-refractivity contribution is 9.10. The van der Waals surface area contributed by atoms with E-state index in [1.165, 1.54) is 12.3 Å². The summed E-state index contributed by atoms with van der Waals surface area (Å²) in [6.45, 7) is 0. The van der Waals surface area contributed by atoms with E-state index in [1.807, 2.05) is 0 Å². The van der Waals surface area contributed by atoms with Crippen LogP contribution in [0, 0.1) is 5.82 Å². The first kappa shape index (κ1) is 14.7. The number of amides is 1. The number of pyridine rings is 1. The lowest BCUT2D eigenvalue weighted by molar-refractivity contribution is 0.102. The van der Waals surface area contributed by atoms with Gasteiger partial charge in [0.25, 0.3) is 5.91 Å². The van der Waals surface area contributed by atoms with Gasteiger partial charge < -0.3 is 10.6 Å². The average molecular weight is 359 g/mol. The fourth-order valence-corrected chi connectivity index (χ4v) is 2.45. The molecule has 0 atom stereocenters. The minimum absolute atomic E-state index is 0.119. The van der Waals surface area contributed by atoms with Gasteiger partial charge in [-0.2, -0.15) is 0 Å². The Morgan fingerprint density at radius 3 is 2.80 bits per heavy atom. The molecule has 0 unspecified atom stereocenters. The Hall–Kier alpha value is -1.66. The van der Waals surface area contributed by atoms with Crippen molar-refractivity contribution >= 4 is 44.9 Å². The highest BCUT2D eigenvalue weighted by atomic mass is 79.9. The van der Waals surface area contributed by atoms with Crippen LogP contribution in [0.15, 0.2) is 34.9 Å². The molecule has 1 heterocycles. The maximum atomic E-state index is 13.1. The number of anilines is 2. The van der Waals surface area contributed by atoms with E-state index in [2.05, 4.69) is 31.5 Å². The molecule has 7 heteroatoms. The third-order valence-electron chi connectivity index (χ3n) is 2.52. The van der Waals surface area contributed by atoms with Crippen LogP contribution in [0.5, 0.6) is 0 Å². The SMILES string of the molecule is CNc1cc(C(=O)Nc2c(Cl)cc(F)cc2Br)ccn1. The molecular formula is C13H10BrClFN3O. The van der Waals surface area contributed by atoms with Crippen molar-refractivity contribution in [2.24, 2.45) is 0 Å². The summed E-state index contributed by atoms with van der Waals surface area (Å²) < 4.78 is 13.5. The molecule has 0 spiro atoms. The Morgan fingerprint density at radius 1 is 1.40 bits per heavy atom. The number of aromatic nitrogens is 1. The first-order valence-electron chi connectivity index (χ1n) is 5.61. The zero-order chi connectivity index (χ0) is 14.7. The molecule has 0 fully saturated rings. The largest absolute Gasteiger partial charge is 0.373 e. The van der Waals surface area contributed by atoms with Crippen molar-refractivity contribution in [1.29, 1.82) is 0 Å². The van der Waals surface area contributed by atoms with Gasteiger partial charge in [-0.25, -0.2) is 9.37 Å². The molecule has 0 aliphatic heterocycles. The number of hydrogen-bond acceptors (Lipinski definition) is 3. The van der Waals surface area contributed by atoms with Gasteiger partial charge in [-0.1, -0.05) is 11.6 Å². The number of rotatable bonds is 3. The fraction of sp³-hybridized carbons (Fsp3) is 0.0769. The smallest absolute Gasteiger partial charge is 0.255 e. The lowest BCUT2D eigenvalue weighted by Gasteiger charge is -2.10. The van der Waals surface area contributed by atoms with Crippen LogP contribution in [0.2, 0.25) is 5.02 Å². The second-order valence-corrected chi connectivity index (χ2v) is 5.14. The normalized spacial score (nSPS) is 10.2. The van der Waals surface area contributed by atoms with Crippen molar-refractivity contribution in [1.82, 2.24) is 4.98 Å². The lowest BCUT2D eigenvalue weighted by atomic mass is 10.2. The Bertz CT molecular complexity index is 643. The van der Waals surface area contributed by atoms with Gasteiger partial charge in [0.2, 0.25) is 0 Å². The molecule has 1 aromatic carbocycles. The van der Waals surface area contributed by atoms with E-state index in [0.29, 0.717) is 21.5 Å². The van der Waals surface area contributed by atoms with E-state index < -0.39 is 5.82 Å². The van der Waals surface area contributed by atoms with E-state index >= 15 is 0 Å². The Morgan fingerprint density at radius 2 is 2.15 bits per heavy atom. The monoisotopic (exact) mass is 357 g/mol. The van der Waals surface area contributed by atoms with Gasteiger partial charge in [0.15, 0.2) is 0 Å². The van der Waals surface area contributed by atoms with Gasteiger partial charge in [-0.15, -0.1) is 0 Å². The van der Waals surface area contributed by atoms with Gasteiger partial charge in [0.05, 0.1) is 10.7 Å². The second kappa shape index (κ2) is 6.19. The van der Waals surface area contributed by atoms with E-state index in [1.54, 1.807) is 19.2 Å². The molecule has 2 N–H and O–H groups in total. The molecule has 0 bridgehead atoms. The molecule has 2 aromatic rings. The van der Waals surface area contributed by atoms with Crippen molar-refractivity contribution in [3.8, 4) is 0 Å². The Labute approximate surface area is 128 Å². The zero-order valence-corrected chi connectivity index (χ0v) is 12.7. The van der Waals surface area contributed by atoms with Crippen LogP contribution in [0.25, 0.3) is 0 Å². The van der Waals surface area contributed by atoms with Crippen molar-refractivity contribution in [3.63, 3.8) is 0 Å². The Balaban J connectivity index is 2.28. The van der Waals surface area contributed by atoms with Gasteiger partial charge in [0.1, 0.15) is 11.6 Å². The lowest BCUT2D eigenvalue weighted by Crippen LogP contribution is -2.13. The third-order valence-corrected chi connectivity index (χ3v) is 3.45. The standard InChI is InChI=1S/C13H10BrClFN3O/c1-17-11-4-7(2-3-18-11)13(20)19-12-9(14)5-8(16)6-10(12)15/h2-6H,1H3,(H,17,18)(H,19,20). The summed E-state index contributed by atoms with van der Waals surface area (Å²) >= 11 is 9.08. The van der Waals surface area contributed by atoms with Crippen LogP contribution in [0.3, 0.4) is 0 Å². The minimum atomic E-state index is -0.485. The maximum Gasteiger partial charge on any atom is 0.255 e. The molecule has 1 amide bonds. The number of nitrogens with zero attached hydrogens (tertiary/aromatic N) is 1. The van der Waals surface area contributed by atoms with E-state index in [0.717, 1.165) is 6.07 Å². The first-order chi connectivity index (χ1) is 9.51. The van der Waals surface area contributed by atoms with Crippen LogP contribution in [-0.4, -0.2) is 17.9 Å². The molecule has 20 heavy (non-hydrogen) atoms. The summed E-state index contributed by atoms with van der Waals surface area (Å²) in [5.41, 5.74) is 0.734. The third kappa shape index (κ3) is 3.26. The molecule has 4 nitrogen and oxygen atoms in total. The molecule has 2 rings (SSSR count). The molecule has 104 valence electrons. The quantitative estimate of drug-likeness (QED) is 0.874. The van der Waals surface area contributed by atoms with Crippen molar-refractivity contribution in [2.75, 3.05) is 17.7 Å². The number of carbonyl (C=O) groups excluding carboxylic acids is 1.